The van der Waals surface area contributed by atoms with E-state index in [1.165, 1.54) is 7.11 Å². The first-order valence-corrected chi connectivity index (χ1v) is 8.62. The highest BCUT2D eigenvalue weighted by Gasteiger charge is 2.31. The third-order valence-corrected chi connectivity index (χ3v) is 4.86. The summed E-state index contributed by atoms with van der Waals surface area (Å²) in [5.74, 6) is 1.51. The van der Waals surface area contributed by atoms with Gasteiger partial charge in [-0.3, -0.25) is 4.90 Å². The predicted molar refractivity (Wildman–Crippen MR) is 99.8 cm³/mol. The highest BCUT2D eigenvalue weighted by molar-refractivity contribution is 5.95. The SMILES string of the molecule is COC(=O)N1c2ccc(C)cc2C(C)=CC1Cc1ccc2c(c1)OCO2. The van der Waals surface area contributed by atoms with Crippen molar-refractivity contribution < 1.29 is 19.0 Å². The minimum absolute atomic E-state index is 0.127. The number of allylic oxidation sites excluding steroid dienone is 1. The van der Waals surface area contributed by atoms with E-state index in [4.69, 9.17) is 14.2 Å². The van der Waals surface area contributed by atoms with E-state index in [1.54, 1.807) is 4.90 Å². The first-order valence-electron chi connectivity index (χ1n) is 8.62. The number of benzene rings is 2. The molecule has 2 aromatic rings. The molecule has 2 aliphatic rings. The van der Waals surface area contributed by atoms with Crippen molar-refractivity contribution in [1.82, 2.24) is 0 Å². The van der Waals surface area contributed by atoms with Gasteiger partial charge < -0.3 is 14.2 Å². The summed E-state index contributed by atoms with van der Waals surface area (Å²) in [5, 5.41) is 0. The number of hydrogen-bond donors (Lipinski definition) is 0. The fraction of sp³-hybridized carbons (Fsp3) is 0.286. The topological polar surface area (TPSA) is 48.0 Å². The summed E-state index contributed by atoms with van der Waals surface area (Å²) in [6, 6.07) is 11.9. The Kier molecular flexibility index (Phi) is 4.07. The van der Waals surface area contributed by atoms with E-state index in [1.807, 2.05) is 30.3 Å². The number of ether oxygens (including phenoxy) is 3. The van der Waals surface area contributed by atoms with Crippen molar-refractivity contribution in [3.63, 3.8) is 0 Å². The number of carbonyl (C=O) groups is 1. The fourth-order valence-electron chi connectivity index (χ4n) is 3.60. The summed E-state index contributed by atoms with van der Waals surface area (Å²) in [5.41, 5.74) is 5.35. The summed E-state index contributed by atoms with van der Waals surface area (Å²) in [7, 11) is 1.42. The lowest BCUT2D eigenvalue weighted by Gasteiger charge is -2.34. The molecule has 0 N–H and O–H groups in total. The number of rotatable bonds is 2. The molecule has 0 radical (unpaired) electrons. The summed E-state index contributed by atoms with van der Waals surface area (Å²) in [4.78, 5) is 14.3. The first-order chi connectivity index (χ1) is 12.6. The Morgan fingerprint density at radius 1 is 1.15 bits per heavy atom. The van der Waals surface area contributed by atoms with Crippen LogP contribution in [0.5, 0.6) is 11.5 Å². The van der Waals surface area contributed by atoms with Crippen LogP contribution in [0, 0.1) is 6.92 Å². The minimum atomic E-state index is -0.357. The molecule has 2 aromatic carbocycles. The standard InChI is InChI=1S/C21H21NO4/c1-13-4-6-18-17(8-13)14(2)9-16(22(18)21(23)24-3)10-15-5-7-19-20(11-15)26-12-25-19/h4-9,11,16H,10,12H2,1-3H3. The first kappa shape index (κ1) is 16.5. The third-order valence-electron chi connectivity index (χ3n) is 4.86. The van der Waals surface area contributed by atoms with Crippen molar-refractivity contribution in [2.45, 2.75) is 26.3 Å². The molecule has 1 atom stereocenters. The van der Waals surface area contributed by atoms with Crippen LogP contribution < -0.4 is 14.4 Å². The van der Waals surface area contributed by atoms with Crippen LogP contribution in [0.3, 0.4) is 0 Å². The van der Waals surface area contributed by atoms with E-state index < -0.39 is 0 Å². The Balaban J connectivity index is 1.71. The number of aryl methyl sites for hydroxylation is 1. The monoisotopic (exact) mass is 351 g/mol. The summed E-state index contributed by atoms with van der Waals surface area (Å²) >= 11 is 0. The second-order valence-corrected chi connectivity index (χ2v) is 6.67. The molecule has 0 bridgehead atoms. The second kappa shape index (κ2) is 6.41. The van der Waals surface area contributed by atoms with E-state index in [0.717, 1.165) is 39.4 Å². The lowest BCUT2D eigenvalue weighted by molar-refractivity contribution is 0.174. The molecule has 1 amide bonds. The summed E-state index contributed by atoms with van der Waals surface area (Å²) in [6.07, 6.45) is 2.43. The summed E-state index contributed by atoms with van der Waals surface area (Å²) in [6.45, 7) is 4.39. The Hall–Kier alpha value is -2.95. The molecular formula is C21H21NO4. The Morgan fingerprint density at radius 3 is 2.77 bits per heavy atom. The van der Waals surface area contributed by atoms with Crippen molar-refractivity contribution in [1.29, 1.82) is 0 Å². The number of methoxy groups -OCH3 is 1. The van der Waals surface area contributed by atoms with Crippen LogP contribution in [-0.4, -0.2) is 26.0 Å². The highest BCUT2D eigenvalue weighted by atomic mass is 16.7. The van der Waals surface area contributed by atoms with Crippen LogP contribution in [0.1, 0.15) is 23.6 Å². The molecule has 5 nitrogen and oxygen atoms in total. The van der Waals surface area contributed by atoms with Gasteiger partial charge in [0.05, 0.1) is 18.8 Å². The normalized spacial score (nSPS) is 17.6. The Morgan fingerprint density at radius 2 is 1.96 bits per heavy atom. The maximum Gasteiger partial charge on any atom is 0.414 e. The van der Waals surface area contributed by atoms with Crippen molar-refractivity contribution in [2.24, 2.45) is 0 Å². The number of hydrogen-bond acceptors (Lipinski definition) is 4. The molecular weight excluding hydrogens is 330 g/mol. The van der Waals surface area contributed by atoms with E-state index in [-0.39, 0.29) is 18.9 Å². The van der Waals surface area contributed by atoms with Crippen LogP contribution in [0.4, 0.5) is 10.5 Å². The maximum absolute atomic E-state index is 12.5. The predicted octanol–water partition coefficient (Wildman–Crippen LogP) is 4.32. The van der Waals surface area contributed by atoms with Crippen LogP contribution in [-0.2, 0) is 11.2 Å². The zero-order valence-corrected chi connectivity index (χ0v) is 15.1. The average Bonchev–Trinajstić information content (AvgIpc) is 3.09. The molecule has 0 aliphatic carbocycles. The molecule has 0 aromatic heterocycles. The van der Waals surface area contributed by atoms with Crippen LogP contribution in [0.15, 0.2) is 42.5 Å². The molecule has 134 valence electrons. The smallest absolute Gasteiger partial charge is 0.414 e. The van der Waals surface area contributed by atoms with E-state index in [9.17, 15) is 4.79 Å². The average molecular weight is 351 g/mol. The van der Waals surface area contributed by atoms with Gasteiger partial charge in [-0.1, -0.05) is 23.8 Å². The Labute approximate surface area is 152 Å². The van der Waals surface area contributed by atoms with Crippen molar-refractivity contribution in [3.8, 4) is 11.5 Å². The molecule has 0 saturated carbocycles. The van der Waals surface area contributed by atoms with Gasteiger partial charge in [0.15, 0.2) is 11.5 Å². The second-order valence-electron chi connectivity index (χ2n) is 6.67. The molecule has 5 heteroatoms. The molecule has 4 rings (SSSR count). The van der Waals surface area contributed by atoms with Gasteiger partial charge >= 0.3 is 6.09 Å². The van der Waals surface area contributed by atoms with E-state index >= 15 is 0 Å². The van der Waals surface area contributed by atoms with Gasteiger partial charge in [-0.2, -0.15) is 0 Å². The lowest BCUT2D eigenvalue weighted by atomic mass is 9.92. The minimum Gasteiger partial charge on any atom is -0.454 e. The third kappa shape index (κ3) is 2.79. The van der Waals surface area contributed by atoms with Gasteiger partial charge in [-0.05, 0) is 55.7 Å². The van der Waals surface area contributed by atoms with Crippen LogP contribution >= 0.6 is 0 Å². The van der Waals surface area contributed by atoms with Crippen molar-refractivity contribution in [2.75, 3.05) is 18.8 Å². The van der Waals surface area contributed by atoms with Gasteiger partial charge in [-0.15, -0.1) is 0 Å². The van der Waals surface area contributed by atoms with Crippen molar-refractivity contribution >= 4 is 17.4 Å². The van der Waals surface area contributed by atoms with Gasteiger partial charge in [-0.25, -0.2) is 4.79 Å². The molecule has 0 fully saturated rings. The maximum atomic E-state index is 12.5. The zero-order valence-electron chi connectivity index (χ0n) is 15.1. The number of carbonyl (C=O) groups excluding carboxylic acids is 1. The van der Waals surface area contributed by atoms with Gasteiger partial charge in [0.25, 0.3) is 0 Å². The van der Waals surface area contributed by atoms with Crippen LogP contribution in [0.2, 0.25) is 0 Å². The lowest BCUT2D eigenvalue weighted by Crippen LogP contribution is -2.43. The van der Waals surface area contributed by atoms with Gasteiger partial charge in [0, 0.05) is 5.56 Å². The molecule has 0 spiro atoms. The number of nitrogens with zero attached hydrogens (tertiary/aromatic N) is 1. The molecule has 1 unspecified atom stereocenters. The zero-order chi connectivity index (χ0) is 18.3. The fourth-order valence-corrected chi connectivity index (χ4v) is 3.60. The highest BCUT2D eigenvalue weighted by Crippen LogP contribution is 2.37. The molecule has 0 saturated heterocycles. The van der Waals surface area contributed by atoms with Gasteiger partial charge in [0.2, 0.25) is 6.79 Å². The largest absolute Gasteiger partial charge is 0.454 e. The molecule has 2 heterocycles. The molecule has 26 heavy (non-hydrogen) atoms. The number of anilines is 1. The van der Waals surface area contributed by atoms with Crippen LogP contribution in [0.25, 0.3) is 5.57 Å². The summed E-state index contributed by atoms with van der Waals surface area (Å²) < 4.78 is 15.9. The molecule has 2 aliphatic heterocycles. The van der Waals surface area contributed by atoms with Crippen molar-refractivity contribution in [3.05, 3.63) is 59.2 Å². The van der Waals surface area contributed by atoms with Gasteiger partial charge in [0.1, 0.15) is 0 Å². The quantitative estimate of drug-likeness (QED) is 0.808. The Bertz CT molecular complexity index is 903. The number of fused-ring (bicyclic) bond motifs is 2. The van der Waals surface area contributed by atoms with E-state index in [0.29, 0.717) is 6.42 Å². The number of amides is 1. The van der Waals surface area contributed by atoms with E-state index in [2.05, 4.69) is 26.0 Å².